The minimum Gasteiger partial charge on any atom is -0.309 e. The molecular weight excluding hydrogens is 305 g/mol. The van der Waals surface area contributed by atoms with Gasteiger partial charge in [-0.1, -0.05) is 26.0 Å². The van der Waals surface area contributed by atoms with Gasteiger partial charge in [0, 0.05) is 18.0 Å². The molecule has 4 heteroatoms. The lowest BCUT2D eigenvalue weighted by Gasteiger charge is -2.49. The molecule has 1 saturated carbocycles. The smallest absolute Gasteiger partial charge is 0.137 e. The summed E-state index contributed by atoms with van der Waals surface area (Å²) < 4.78 is 13.9. The van der Waals surface area contributed by atoms with Crippen LogP contribution in [0, 0.1) is 11.2 Å². The van der Waals surface area contributed by atoms with Gasteiger partial charge >= 0.3 is 0 Å². The zero-order valence-electron chi connectivity index (χ0n) is 9.93. The fraction of sp³-hybridized carbons (Fsp3) is 0.538. The maximum absolute atomic E-state index is 13.3. The summed E-state index contributed by atoms with van der Waals surface area (Å²) >= 11 is 9.43. The van der Waals surface area contributed by atoms with Crippen molar-refractivity contribution in [3.05, 3.63) is 34.1 Å². The van der Waals surface area contributed by atoms with E-state index in [1.807, 2.05) is 6.07 Å². The molecule has 2 unspecified atom stereocenters. The van der Waals surface area contributed by atoms with Crippen LogP contribution in [-0.2, 0) is 6.54 Å². The van der Waals surface area contributed by atoms with Gasteiger partial charge in [0.05, 0.1) is 4.47 Å². The highest BCUT2D eigenvalue weighted by atomic mass is 79.9. The maximum atomic E-state index is 13.3. The Morgan fingerprint density at radius 1 is 1.53 bits per heavy atom. The largest absolute Gasteiger partial charge is 0.309 e. The predicted molar refractivity (Wildman–Crippen MR) is 72.8 cm³/mol. The second-order valence-corrected chi connectivity index (χ2v) is 6.49. The Bertz CT molecular complexity index is 422. The summed E-state index contributed by atoms with van der Waals surface area (Å²) in [6.07, 6.45) is 0.974. The predicted octanol–water partition coefficient (Wildman–Crippen LogP) is 4.08. The van der Waals surface area contributed by atoms with Crippen LogP contribution in [0.1, 0.15) is 25.8 Å². The van der Waals surface area contributed by atoms with Gasteiger partial charge in [0.1, 0.15) is 5.82 Å². The second kappa shape index (κ2) is 4.87. The Morgan fingerprint density at radius 3 is 2.82 bits per heavy atom. The van der Waals surface area contributed by atoms with Gasteiger partial charge in [-0.15, -0.1) is 11.6 Å². The van der Waals surface area contributed by atoms with E-state index in [1.54, 1.807) is 6.07 Å². The monoisotopic (exact) mass is 319 g/mol. The molecule has 0 aliphatic heterocycles. The molecule has 1 aliphatic rings. The number of hydrogen-bond donors (Lipinski definition) is 1. The summed E-state index contributed by atoms with van der Waals surface area (Å²) in [5, 5.41) is 3.68. The molecule has 17 heavy (non-hydrogen) atoms. The molecule has 2 rings (SSSR count). The number of rotatable bonds is 3. The second-order valence-electron chi connectivity index (χ2n) is 5.17. The molecule has 0 amide bonds. The first-order valence-corrected chi connectivity index (χ1v) is 6.96. The van der Waals surface area contributed by atoms with Crippen molar-refractivity contribution in [1.29, 1.82) is 0 Å². The molecule has 0 aromatic heterocycles. The zero-order chi connectivity index (χ0) is 12.6. The van der Waals surface area contributed by atoms with E-state index in [2.05, 4.69) is 35.1 Å². The number of benzene rings is 1. The lowest BCUT2D eigenvalue weighted by atomic mass is 9.67. The van der Waals surface area contributed by atoms with Crippen molar-refractivity contribution in [3.63, 3.8) is 0 Å². The van der Waals surface area contributed by atoms with Crippen molar-refractivity contribution in [2.24, 2.45) is 5.41 Å². The fourth-order valence-electron chi connectivity index (χ4n) is 2.14. The van der Waals surface area contributed by atoms with Gasteiger partial charge in [0.2, 0.25) is 0 Å². The van der Waals surface area contributed by atoms with E-state index in [0.717, 1.165) is 12.0 Å². The lowest BCUT2D eigenvalue weighted by molar-refractivity contribution is 0.115. The SMILES string of the molecule is CC1(C)C(Cl)CC1NCc1cccc(F)c1Br. The Balaban J connectivity index is 1.97. The summed E-state index contributed by atoms with van der Waals surface area (Å²) in [7, 11) is 0. The van der Waals surface area contributed by atoms with Gasteiger partial charge in [0.25, 0.3) is 0 Å². The molecule has 1 fully saturated rings. The van der Waals surface area contributed by atoms with Crippen LogP contribution in [-0.4, -0.2) is 11.4 Å². The van der Waals surface area contributed by atoms with Crippen molar-refractivity contribution in [2.75, 3.05) is 0 Å². The first-order chi connectivity index (χ1) is 7.93. The molecule has 1 aromatic carbocycles. The average molecular weight is 321 g/mol. The molecule has 2 atom stereocenters. The van der Waals surface area contributed by atoms with Crippen molar-refractivity contribution in [3.8, 4) is 0 Å². The number of hydrogen-bond acceptors (Lipinski definition) is 1. The molecule has 1 N–H and O–H groups in total. The van der Waals surface area contributed by atoms with Crippen LogP contribution in [0.25, 0.3) is 0 Å². The highest BCUT2D eigenvalue weighted by molar-refractivity contribution is 9.10. The average Bonchev–Trinajstić information content (AvgIpc) is 2.29. The van der Waals surface area contributed by atoms with Gasteiger partial charge < -0.3 is 5.32 Å². The first-order valence-electron chi connectivity index (χ1n) is 5.73. The number of alkyl halides is 1. The lowest BCUT2D eigenvalue weighted by Crippen LogP contribution is -2.57. The molecule has 0 heterocycles. The van der Waals surface area contributed by atoms with Crippen LogP contribution in [0.3, 0.4) is 0 Å². The Labute approximate surface area is 115 Å². The third kappa shape index (κ3) is 2.51. The quantitative estimate of drug-likeness (QED) is 0.827. The minimum absolute atomic E-state index is 0.112. The Morgan fingerprint density at radius 2 is 2.24 bits per heavy atom. The molecule has 94 valence electrons. The molecule has 0 spiro atoms. The van der Waals surface area contributed by atoms with E-state index in [9.17, 15) is 4.39 Å². The highest BCUT2D eigenvalue weighted by Crippen LogP contribution is 2.44. The van der Waals surface area contributed by atoms with Crippen LogP contribution in [0.15, 0.2) is 22.7 Å². The van der Waals surface area contributed by atoms with Crippen LogP contribution in [0.5, 0.6) is 0 Å². The van der Waals surface area contributed by atoms with E-state index >= 15 is 0 Å². The number of halogens is 3. The van der Waals surface area contributed by atoms with E-state index < -0.39 is 0 Å². The molecule has 1 aromatic rings. The van der Waals surface area contributed by atoms with E-state index in [1.165, 1.54) is 6.07 Å². The molecule has 0 radical (unpaired) electrons. The van der Waals surface area contributed by atoms with E-state index in [0.29, 0.717) is 17.1 Å². The summed E-state index contributed by atoms with van der Waals surface area (Å²) in [6.45, 7) is 4.98. The van der Waals surface area contributed by atoms with E-state index in [-0.39, 0.29) is 16.6 Å². The van der Waals surface area contributed by atoms with Crippen molar-refractivity contribution < 1.29 is 4.39 Å². The minimum atomic E-state index is -0.215. The van der Waals surface area contributed by atoms with Crippen LogP contribution in [0.2, 0.25) is 0 Å². The summed E-state index contributed by atoms with van der Waals surface area (Å²) in [4.78, 5) is 0. The number of nitrogens with one attached hydrogen (secondary N) is 1. The van der Waals surface area contributed by atoms with Crippen molar-refractivity contribution >= 4 is 27.5 Å². The van der Waals surface area contributed by atoms with Gasteiger partial charge in [-0.05, 0) is 39.4 Å². The Hall–Kier alpha value is -0.120. The zero-order valence-corrected chi connectivity index (χ0v) is 12.3. The van der Waals surface area contributed by atoms with Gasteiger partial charge in [0.15, 0.2) is 0 Å². The Kier molecular flexibility index (Phi) is 3.81. The van der Waals surface area contributed by atoms with Crippen molar-refractivity contribution in [1.82, 2.24) is 5.32 Å². The highest BCUT2D eigenvalue weighted by Gasteiger charge is 2.46. The summed E-state index contributed by atoms with van der Waals surface area (Å²) in [5.41, 5.74) is 1.06. The normalized spacial score (nSPS) is 26.6. The van der Waals surface area contributed by atoms with Crippen LogP contribution in [0.4, 0.5) is 4.39 Å². The third-order valence-corrected chi connectivity index (χ3v) is 5.35. The van der Waals surface area contributed by atoms with Crippen LogP contribution >= 0.6 is 27.5 Å². The third-order valence-electron chi connectivity index (χ3n) is 3.72. The topological polar surface area (TPSA) is 12.0 Å². The molecule has 0 saturated heterocycles. The summed E-state index contributed by atoms with van der Waals surface area (Å²) in [6, 6.07) is 5.51. The van der Waals surface area contributed by atoms with Gasteiger partial charge in [-0.3, -0.25) is 0 Å². The standard InChI is InChI=1S/C13H16BrClFN/c1-13(2)10(15)6-11(13)17-7-8-4-3-5-9(16)12(8)14/h3-5,10-11,17H,6-7H2,1-2H3. The summed E-state index contributed by atoms with van der Waals surface area (Å²) in [5.74, 6) is -0.215. The molecule has 0 bridgehead atoms. The van der Waals surface area contributed by atoms with Crippen molar-refractivity contribution in [2.45, 2.75) is 38.2 Å². The van der Waals surface area contributed by atoms with Gasteiger partial charge in [-0.25, -0.2) is 4.39 Å². The molecule has 1 nitrogen and oxygen atoms in total. The van der Waals surface area contributed by atoms with Crippen LogP contribution < -0.4 is 5.32 Å². The van der Waals surface area contributed by atoms with E-state index in [4.69, 9.17) is 11.6 Å². The van der Waals surface area contributed by atoms with Gasteiger partial charge in [-0.2, -0.15) is 0 Å². The molecular formula is C13H16BrClFN. The first kappa shape index (κ1) is 13.3. The molecule has 1 aliphatic carbocycles. The maximum Gasteiger partial charge on any atom is 0.137 e. The fourth-order valence-corrected chi connectivity index (χ4v) is 2.87.